The molecule has 1 aromatic carbocycles. The molecule has 1 atom stereocenters. The SMILES string of the molecule is CC1CCCCN1C(=O)CN(CCN)Cc1ccccc1.Cl. The molecule has 2 N–H and O–H groups in total. The van der Waals surface area contributed by atoms with Crippen LogP contribution in [-0.4, -0.2) is 47.9 Å². The molecule has 5 heteroatoms. The molecule has 1 unspecified atom stereocenters. The quantitative estimate of drug-likeness (QED) is 0.873. The largest absolute Gasteiger partial charge is 0.339 e. The van der Waals surface area contributed by atoms with Crippen molar-refractivity contribution < 1.29 is 4.79 Å². The molecule has 1 heterocycles. The van der Waals surface area contributed by atoms with Gasteiger partial charge in [-0.15, -0.1) is 12.4 Å². The number of amides is 1. The summed E-state index contributed by atoms with van der Waals surface area (Å²) in [6, 6.07) is 10.6. The van der Waals surface area contributed by atoms with E-state index >= 15 is 0 Å². The summed E-state index contributed by atoms with van der Waals surface area (Å²) in [5, 5.41) is 0. The van der Waals surface area contributed by atoms with Crippen LogP contribution in [0.2, 0.25) is 0 Å². The Bertz CT molecular complexity index is 441. The van der Waals surface area contributed by atoms with E-state index < -0.39 is 0 Å². The maximum atomic E-state index is 12.5. The van der Waals surface area contributed by atoms with E-state index in [2.05, 4.69) is 24.0 Å². The Morgan fingerprint density at radius 3 is 2.68 bits per heavy atom. The summed E-state index contributed by atoms with van der Waals surface area (Å²) in [5.74, 6) is 0.242. The van der Waals surface area contributed by atoms with Gasteiger partial charge in [0.25, 0.3) is 0 Å². The van der Waals surface area contributed by atoms with Crippen LogP contribution < -0.4 is 5.73 Å². The van der Waals surface area contributed by atoms with Gasteiger partial charge in [0.2, 0.25) is 5.91 Å². The maximum absolute atomic E-state index is 12.5. The van der Waals surface area contributed by atoms with E-state index in [0.717, 1.165) is 32.5 Å². The summed E-state index contributed by atoms with van der Waals surface area (Å²) in [6.45, 7) is 5.64. The Balaban J connectivity index is 0.00000242. The van der Waals surface area contributed by atoms with Crippen LogP contribution in [0.1, 0.15) is 31.7 Å². The fourth-order valence-corrected chi connectivity index (χ4v) is 2.99. The number of benzene rings is 1. The minimum absolute atomic E-state index is 0. The third-order valence-corrected chi connectivity index (χ3v) is 4.18. The minimum atomic E-state index is 0. The van der Waals surface area contributed by atoms with E-state index in [1.54, 1.807) is 0 Å². The standard InChI is InChI=1S/C17H27N3O.ClH/c1-15-7-5-6-11-20(15)17(21)14-19(12-10-18)13-16-8-3-2-4-9-16;/h2-4,8-9,15H,5-7,10-14,18H2,1H3;1H. The normalized spacial score (nSPS) is 18.1. The van der Waals surface area contributed by atoms with Crippen molar-refractivity contribution in [2.45, 2.75) is 38.8 Å². The lowest BCUT2D eigenvalue weighted by Gasteiger charge is -2.35. The lowest BCUT2D eigenvalue weighted by Crippen LogP contribution is -2.47. The second-order valence-electron chi connectivity index (χ2n) is 5.92. The second kappa shape index (κ2) is 9.82. The van der Waals surface area contributed by atoms with Crippen LogP contribution in [0.5, 0.6) is 0 Å². The van der Waals surface area contributed by atoms with Crippen LogP contribution in [0.3, 0.4) is 0 Å². The van der Waals surface area contributed by atoms with Crippen molar-refractivity contribution in [3.8, 4) is 0 Å². The molecule has 22 heavy (non-hydrogen) atoms. The molecule has 0 saturated carbocycles. The number of hydrogen-bond acceptors (Lipinski definition) is 3. The number of piperidine rings is 1. The molecular formula is C17H28ClN3O. The van der Waals surface area contributed by atoms with E-state index in [9.17, 15) is 4.79 Å². The number of rotatable bonds is 6. The van der Waals surface area contributed by atoms with Crippen molar-refractivity contribution in [1.82, 2.24) is 9.80 Å². The van der Waals surface area contributed by atoms with Gasteiger partial charge in [0.05, 0.1) is 6.54 Å². The summed E-state index contributed by atoms with van der Waals surface area (Å²) in [5.41, 5.74) is 6.93. The van der Waals surface area contributed by atoms with Gasteiger partial charge in [-0.05, 0) is 31.7 Å². The minimum Gasteiger partial charge on any atom is -0.339 e. The molecule has 1 fully saturated rings. The molecular weight excluding hydrogens is 298 g/mol. The van der Waals surface area contributed by atoms with Crippen molar-refractivity contribution >= 4 is 18.3 Å². The van der Waals surface area contributed by atoms with E-state index in [4.69, 9.17) is 5.73 Å². The van der Waals surface area contributed by atoms with Crippen molar-refractivity contribution in [2.24, 2.45) is 5.73 Å². The van der Waals surface area contributed by atoms with Crippen molar-refractivity contribution in [3.05, 3.63) is 35.9 Å². The lowest BCUT2D eigenvalue weighted by molar-refractivity contribution is -0.135. The Kier molecular flexibility index (Phi) is 8.46. The Morgan fingerprint density at radius 1 is 1.32 bits per heavy atom. The Hall–Kier alpha value is -1.10. The molecule has 1 amide bonds. The average Bonchev–Trinajstić information content (AvgIpc) is 2.49. The number of carbonyl (C=O) groups is 1. The van der Waals surface area contributed by atoms with Gasteiger partial charge in [0.1, 0.15) is 0 Å². The van der Waals surface area contributed by atoms with Crippen LogP contribution in [0.25, 0.3) is 0 Å². The summed E-state index contributed by atoms with van der Waals surface area (Å²) in [4.78, 5) is 16.7. The molecule has 0 bridgehead atoms. The highest BCUT2D eigenvalue weighted by atomic mass is 35.5. The number of hydrogen-bond donors (Lipinski definition) is 1. The van der Waals surface area contributed by atoms with Gasteiger partial charge in [0, 0.05) is 32.2 Å². The third kappa shape index (κ3) is 5.59. The molecule has 0 radical (unpaired) electrons. The average molecular weight is 326 g/mol. The number of halogens is 1. The number of nitrogens with zero attached hydrogens (tertiary/aromatic N) is 2. The zero-order valence-electron chi connectivity index (χ0n) is 13.4. The van der Waals surface area contributed by atoms with Gasteiger partial charge in [0.15, 0.2) is 0 Å². The fourth-order valence-electron chi connectivity index (χ4n) is 2.99. The molecule has 0 aromatic heterocycles. The number of carbonyl (C=O) groups excluding carboxylic acids is 1. The summed E-state index contributed by atoms with van der Waals surface area (Å²) < 4.78 is 0. The highest BCUT2D eigenvalue weighted by Crippen LogP contribution is 2.17. The lowest BCUT2D eigenvalue weighted by atomic mass is 10.0. The van der Waals surface area contributed by atoms with Crippen LogP contribution >= 0.6 is 12.4 Å². The van der Waals surface area contributed by atoms with E-state index in [-0.39, 0.29) is 18.3 Å². The zero-order valence-corrected chi connectivity index (χ0v) is 14.2. The van der Waals surface area contributed by atoms with Crippen LogP contribution in [0.15, 0.2) is 30.3 Å². The zero-order chi connectivity index (χ0) is 15.1. The Morgan fingerprint density at radius 2 is 2.05 bits per heavy atom. The summed E-state index contributed by atoms with van der Waals surface area (Å²) in [6.07, 6.45) is 3.49. The topological polar surface area (TPSA) is 49.6 Å². The first-order chi connectivity index (χ1) is 10.2. The predicted molar refractivity (Wildman–Crippen MR) is 93.0 cm³/mol. The first-order valence-electron chi connectivity index (χ1n) is 7.96. The highest BCUT2D eigenvalue weighted by molar-refractivity contribution is 5.85. The summed E-state index contributed by atoms with van der Waals surface area (Å²) >= 11 is 0. The van der Waals surface area contributed by atoms with Gasteiger partial charge in [-0.25, -0.2) is 0 Å². The van der Waals surface area contributed by atoms with Crippen molar-refractivity contribution in [3.63, 3.8) is 0 Å². The Labute approximate surface area is 140 Å². The fraction of sp³-hybridized carbons (Fsp3) is 0.588. The molecule has 0 aliphatic carbocycles. The number of likely N-dealkylation sites (tertiary alicyclic amines) is 1. The predicted octanol–water partition coefficient (Wildman–Crippen LogP) is 2.27. The third-order valence-electron chi connectivity index (χ3n) is 4.18. The molecule has 1 aliphatic rings. The van der Waals surface area contributed by atoms with Crippen molar-refractivity contribution in [1.29, 1.82) is 0 Å². The first-order valence-corrected chi connectivity index (χ1v) is 7.96. The molecule has 1 saturated heterocycles. The monoisotopic (exact) mass is 325 g/mol. The molecule has 0 spiro atoms. The van der Waals surface area contributed by atoms with Crippen LogP contribution in [0, 0.1) is 0 Å². The van der Waals surface area contributed by atoms with Crippen LogP contribution in [-0.2, 0) is 11.3 Å². The van der Waals surface area contributed by atoms with Gasteiger partial charge in [-0.2, -0.15) is 0 Å². The van der Waals surface area contributed by atoms with Crippen molar-refractivity contribution in [2.75, 3.05) is 26.2 Å². The van der Waals surface area contributed by atoms with E-state index in [0.29, 0.717) is 19.1 Å². The molecule has 2 rings (SSSR count). The van der Waals surface area contributed by atoms with Gasteiger partial charge in [-0.3, -0.25) is 9.69 Å². The molecule has 124 valence electrons. The number of nitrogens with two attached hydrogens (primary N) is 1. The van der Waals surface area contributed by atoms with E-state index in [1.165, 1.54) is 12.0 Å². The maximum Gasteiger partial charge on any atom is 0.236 e. The first kappa shape index (κ1) is 18.9. The highest BCUT2D eigenvalue weighted by Gasteiger charge is 2.24. The van der Waals surface area contributed by atoms with Crippen LogP contribution in [0.4, 0.5) is 0 Å². The van der Waals surface area contributed by atoms with Gasteiger partial charge >= 0.3 is 0 Å². The van der Waals surface area contributed by atoms with Gasteiger partial charge in [-0.1, -0.05) is 30.3 Å². The molecule has 4 nitrogen and oxygen atoms in total. The smallest absolute Gasteiger partial charge is 0.236 e. The van der Waals surface area contributed by atoms with E-state index in [1.807, 2.05) is 23.1 Å². The van der Waals surface area contributed by atoms with Gasteiger partial charge < -0.3 is 10.6 Å². The second-order valence-corrected chi connectivity index (χ2v) is 5.92. The molecule has 1 aliphatic heterocycles. The molecule has 1 aromatic rings. The summed E-state index contributed by atoms with van der Waals surface area (Å²) in [7, 11) is 0.